The van der Waals surface area contributed by atoms with E-state index in [0.29, 0.717) is 44.5 Å². The molecule has 1 amide bonds. The van der Waals surface area contributed by atoms with Gasteiger partial charge in [0, 0.05) is 51.6 Å². The first kappa shape index (κ1) is 29.6. The van der Waals surface area contributed by atoms with Gasteiger partial charge in [-0.05, 0) is 36.8 Å². The van der Waals surface area contributed by atoms with E-state index in [1.54, 1.807) is 4.90 Å². The number of imidazole rings is 1. The van der Waals surface area contributed by atoms with Gasteiger partial charge in [-0.2, -0.15) is 0 Å². The fourth-order valence-electron chi connectivity index (χ4n) is 4.97. The predicted octanol–water partition coefficient (Wildman–Crippen LogP) is 3.49. The molecule has 4 rings (SSSR count). The van der Waals surface area contributed by atoms with Crippen molar-refractivity contribution in [2.75, 3.05) is 53.1 Å². The Labute approximate surface area is 237 Å². The van der Waals surface area contributed by atoms with Gasteiger partial charge in [-0.3, -0.25) is 9.69 Å². The van der Waals surface area contributed by atoms with Crippen molar-refractivity contribution in [3.05, 3.63) is 77.9 Å². The molecule has 0 aliphatic carbocycles. The fraction of sp³-hybridized carbons (Fsp3) is 0.484. The van der Waals surface area contributed by atoms with Crippen LogP contribution in [0.25, 0.3) is 0 Å². The van der Waals surface area contributed by atoms with Crippen LogP contribution in [0.15, 0.2) is 60.9 Å². The van der Waals surface area contributed by atoms with Gasteiger partial charge in [0.1, 0.15) is 42.7 Å². The molecule has 216 valence electrons. The van der Waals surface area contributed by atoms with Crippen molar-refractivity contribution < 1.29 is 24.1 Å². The number of aliphatic hydroxyl groups is 1. The molecular weight excluding hydrogens is 508 g/mol. The molecule has 3 aromatic rings. The zero-order chi connectivity index (χ0) is 28.5. The quantitative estimate of drug-likeness (QED) is 0.369. The largest absolute Gasteiger partial charge is 0.492 e. The summed E-state index contributed by atoms with van der Waals surface area (Å²) in [7, 11) is 1.50. The van der Waals surface area contributed by atoms with Crippen molar-refractivity contribution in [1.29, 1.82) is 0 Å². The van der Waals surface area contributed by atoms with Gasteiger partial charge in [-0.15, -0.1) is 0 Å². The molecule has 2 aromatic carbocycles. The molecule has 40 heavy (non-hydrogen) atoms. The van der Waals surface area contributed by atoms with Crippen molar-refractivity contribution in [3.8, 4) is 11.5 Å². The summed E-state index contributed by atoms with van der Waals surface area (Å²) >= 11 is 0. The highest BCUT2D eigenvalue weighted by molar-refractivity contribution is 5.77. The van der Waals surface area contributed by atoms with E-state index in [0.717, 1.165) is 29.2 Å². The van der Waals surface area contributed by atoms with Gasteiger partial charge in [-0.25, -0.2) is 4.98 Å². The molecule has 9 nitrogen and oxygen atoms in total. The topological polar surface area (TPSA) is 89.3 Å². The Morgan fingerprint density at radius 3 is 2.42 bits per heavy atom. The van der Waals surface area contributed by atoms with E-state index in [1.165, 1.54) is 7.11 Å². The molecule has 1 unspecified atom stereocenters. The monoisotopic (exact) mass is 550 g/mol. The van der Waals surface area contributed by atoms with Crippen molar-refractivity contribution in [2.24, 2.45) is 0 Å². The third-order valence-electron chi connectivity index (χ3n) is 7.03. The molecule has 1 aliphatic rings. The molecule has 9 heteroatoms. The zero-order valence-electron chi connectivity index (χ0n) is 24.1. The first-order valence-electron chi connectivity index (χ1n) is 13.9. The van der Waals surface area contributed by atoms with Crippen LogP contribution in [-0.2, 0) is 22.6 Å². The summed E-state index contributed by atoms with van der Waals surface area (Å²) in [5, 5.41) is 11.6. The van der Waals surface area contributed by atoms with Crippen LogP contribution in [0.2, 0.25) is 0 Å². The molecule has 0 spiro atoms. The normalized spacial score (nSPS) is 18.1. The molecule has 1 aromatic heterocycles. The molecule has 0 radical (unpaired) electrons. The van der Waals surface area contributed by atoms with Gasteiger partial charge < -0.3 is 28.8 Å². The molecule has 1 atom stereocenters. The first-order valence-corrected chi connectivity index (χ1v) is 13.9. The number of methoxy groups -OCH3 is 1. The van der Waals surface area contributed by atoms with Crippen LogP contribution in [0.3, 0.4) is 0 Å². The van der Waals surface area contributed by atoms with Gasteiger partial charge >= 0.3 is 0 Å². The van der Waals surface area contributed by atoms with Gasteiger partial charge in [-0.1, -0.05) is 43.7 Å². The van der Waals surface area contributed by atoms with Crippen LogP contribution in [0, 0.1) is 6.92 Å². The second-order valence-corrected chi connectivity index (χ2v) is 10.9. The van der Waals surface area contributed by atoms with Crippen LogP contribution in [0.1, 0.15) is 36.7 Å². The summed E-state index contributed by atoms with van der Waals surface area (Å²) in [6.07, 6.45) is 3.81. The molecule has 1 aliphatic heterocycles. The first-order chi connectivity index (χ1) is 19.2. The highest BCUT2D eigenvalue weighted by atomic mass is 16.5. The molecule has 1 saturated heterocycles. The maximum absolute atomic E-state index is 12.7. The predicted molar refractivity (Wildman–Crippen MR) is 154 cm³/mol. The minimum absolute atomic E-state index is 0.0179. The average molecular weight is 551 g/mol. The minimum Gasteiger partial charge on any atom is -0.492 e. The van der Waals surface area contributed by atoms with E-state index in [-0.39, 0.29) is 25.7 Å². The Morgan fingerprint density at radius 2 is 1.73 bits per heavy atom. The van der Waals surface area contributed by atoms with Gasteiger partial charge in [0.25, 0.3) is 0 Å². The zero-order valence-corrected chi connectivity index (χ0v) is 24.1. The van der Waals surface area contributed by atoms with E-state index >= 15 is 0 Å². The summed E-state index contributed by atoms with van der Waals surface area (Å²) in [4.78, 5) is 20.9. The number of amides is 1. The second kappa shape index (κ2) is 13.8. The number of carbonyl (C=O) groups excluding carboxylic acids is 1. The number of nitrogens with zero attached hydrogens (tertiary/aromatic N) is 4. The third kappa shape index (κ3) is 8.30. The number of rotatable bonds is 12. The van der Waals surface area contributed by atoms with Crippen LogP contribution in [-0.4, -0.2) is 89.1 Å². The highest BCUT2D eigenvalue weighted by Gasteiger charge is 2.37. The lowest BCUT2D eigenvalue weighted by Crippen LogP contribution is -2.52. The van der Waals surface area contributed by atoms with Gasteiger partial charge in [0.15, 0.2) is 0 Å². The van der Waals surface area contributed by atoms with Crippen molar-refractivity contribution >= 4 is 5.91 Å². The number of β-amino-alcohol motifs (C(OH)–C–C–N with tert-alkyl or cyclic N) is 1. The lowest BCUT2D eigenvalue weighted by molar-refractivity contribution is -0.138. The van der Waals surface area contributed by atoms with Crippen molar-refractivity contribution in [1.82, 2.24) is 19.4 Å². The maximum atomic E-state index is 12.7. The van der Waals surface area contributed by atoms with Gasteiger partial charge in [0.05, 0.1) is 13.1 Å². The molecule has 0 saturated carbocycles. The Kier molecular flexibility index (Phi) is 10.2. The highest BCUT2D eigenvalue weighted by Crippen LogP contribution is 2.21. The van der Waals surface area contributed by atoms with Crippen molar-refractivity contribution in [2.45, 2.75) is 45.4 Å². The molecule has 1 N–H and O–H groups in total. The summed E-state index contributed by atoms with van der Waals surface area (Å²) in [6, 6.07) is 15.8. The molecule has 2 heterocycles. The summed E-state index contributed by atoms with van der Waals surface area (Å²) in [5.74, 6) is 2.78. The molecule has 1 fully saturated rings. The number of aryl methyl sites for hydroxylation is 1. The molecule has 0 bridgehead atoms. The SMILES string of the molecule is COCC(=O)N1CCN(Cc2ccc(OCCn3ccnc3C(C)C)cc2)CC(O)(COc2ccc(C)cc2)C1. The summed E-state index contributed by atoms with van der Waals surface area (Å²) in [5.41, 5.74) is 0.996. The molecular formula is C31H42N4O5. The average Bonchev–Trinajstić information content (AvgIpc) is 3.34. The number of hydrogen-bond acceptors (Lipinski definition) is 7. The van der Waals surface area contributed by atoms with Crippen LogP contribution in [0.5, 0.6) is 11.5 Å². The number of hydrogen-bond donors (Lipinski definition) is 1. The van der Waals surface area contributed by atoms with Crippen LogP contribution >= 0.6 is 0 Å². The maximum Gasteiger partial charge on any atom is 0.248 e. The standard InChI is InChI=1S/C31H42N4O5/c1-24(2)30-32-13-14-34(30)17-18-39-27-11-7-26(8-12-27)19-33-15-16-35(29(36)20-38-4)22-31(37,21-33)23-40-28-9-5-25(3)6-10-28/h5-14,24,37H,15-23H2,1-4H3. The third-order valence-corrected chi connectivity index (χ3v) is 7.03. The summed E-state index contributed by atoms with van der Waals surface area (Å²) in [6.45, 7) is 9.95. The number of ether oxygens (including phenoxy) is 3. The lowest BCUT2D eigenvalue weighted by atomic mass is 10.0. The Morgan fingerprint density at radius 1 is 1.02 bits per heavy atom. The van der Waals surface area contributed by atoms with E-state index in [9.17, 15) is 9.90 Å². The Hall–Kier alpha value is -3.40. The second-order valence-electron chi connectivity index (χ2n) is 10.9. The van der Waals surface area contributed by atoms with Gasteiger partial charge in [0.2, 0.25) is 5.91 Å². The summed E-state index contributed by atoms with van der Waals surface area (Å²) < 4.78 is 19.2. The Bertz CT molecular complexity index is 1210. The smallest absolute Gasteiger partial charge is 0.248 e. The van der Waals surface area contributed by atoms with E-state index < -0.39 is 5.60 Å². The lowest BCUT2D eigenvalue weighted by Gasteiger charge is -2.33. The van der Waals surface area contributed by atoms with E-state index in [1.807, 2.05) is 67.8 Å². The Balaban J connectivity index is 1.36. The number of carbonyl (C=O) groups is 1. The van der Waals surface area contributed by atoms with E-state index in [4.69, 9.17) is 14.2 Å². The van der Waals surface area contributed by atoms with Crippen LogP contribution < -0.4 is 9.47 Å². The fourth-order valence-corrected chi connectivity index (χ4v) is 4.97. The number of aromatic nitrogens is 2. The van der Waals surface area contributed by atoms with Crippen LogP contribution in [0.4, 0.5) is 0 Å². The van der Waals surface area contributed by atoms with Crippen molar-refractivity contribution in [3.63, 3.8) is 0 Å². The minimum atomic E-state index is -1.24. The van der Waals surface area contributed by atoms with E-state index in [2.05, 4.69) is 28.3 Å². The number of benzene rings is 2.